The van der Waals surface area contributed by atoms with E-state index in [0.717, 1.165) is 27.4 Å². The second kappa shape index (κ2) is 5.80. The number of ether oxygens (including phenoxy) is 2. The lowest BCUT2D eigenvalue weighted by Gasteiger charge is -2.20. The van der Waals surface area contributed by atoms with Crippen molar-refractivity contribution in [3.05, 3.63) is 34.3 Å². The molecule has 6 nitrogen and oxygen atoms in total. The van der Waals surface area contributed by atoms with Gasteiger partial charge in [0.1, 0.15) is 19.5 Å². The number of hydrogen-bond donors (Lipinski definition) is 1. The van der Waals surface area contributed by atoms with Crippen LogP contribution in [-0.4, -0.2) is 28.0 Å². The summed E-state index contributed by atoms with van der Waals surface area (Å²) in [5.41, 5.74) is 1.12. The first-order chi connectivity index (χ1) is 9.72. The van der Waals surface area contributed by atoms with E-state index in [0.29, 0.717) is 26.3 Å². The molecule has 0 bridgehead atoms. The van der Waals surface area contributed by atoms with Crippen LogP contribution in [0.1, 0.15) is 11.4 Å². The van der Waals surface area contributed by atoms with Crippen LogP contribution in [0.2, 0.25) is 0 Å². The fourth-order valence-corrected chi connectivity index (χ4v) is 2.65. The summed E-state index contributed by atoms with van der Waals surface area (Å²) in [5, 5.41) is 7.53. The molecule has 0 aliphatic carbocycles. The van der Waals surface area contributed by atoms with E-state index in [-0.39, 0.29) is 0 Å². The predicted octanol–water partition coefficient (Wildman–Crippen LogP) is 1.64. The lowest BCUT2D eigenvalue weighted by molar-refractivity contribution is 0.170. The molecule has 1 aromatic heterocycles. The molecule has 0 saturated heterocycles. The maximum atomic E-state index is 5.60. The van der Waals surface area contributed by atoms with Crippen molar-refractivity contribution in [1.82, 2.24) is 20.1 Å². The smallest absolute Gasteiger partial charge is 0.175 e. The summed E-state index contributed by atoms with van der Waals surface area (Å²) in [6.07, 6.45) is 1.69. The number of halogens is 1. The minimum absolute atomic E-state index is 0.591. The summed E-state index contributed by atoms with van der Waals surface area (Å²) >= 11 is 3.51. The van der Waals surface area contributed by atoms with Gasteiger partial charge in [0.05, 0.1) is 11.0 Å². The highest BCUT2D eigenvalue weighted by molar-refractivity contribution is 9.10. The van der Waals surface area contributed by atoms with Gasteiger partial charge in [-0.3, -0.25) is 4.68 Å². The third-order valence-corrected chi connectivity index (χ3v) is 3.50. The van der Waals surface area contributed by atoms with E-state index >= 15 is 0 Å². The zero-order valence-electron chi connectivity index (χ0n) is 11.1. The first-order valence-electron chi connectivity index (χ1n) is 6.35. The van der Waals surface area contributed by atoms with E-state index in [1.54, 1.807) is 11.0 Å². The van der Waals surface area contributed by atoms with Crippen LogP contribution in [0, 0.1) is 0 Å². The Bertz CT molecular complexity index is 614. The van der Waals surface area contributed by atoms with Crippen LogP contribution in [0.5, 0.6) is 11.5 Å². The van der Waals surface area contributed by atoms with Crippen molar-refractivity contribution in [2.24, 2.45) is 7.05 Å². The Hall–Kier alpha value is -1.60. The molecule has 0 saturated carbocycles. The molecule has 2 aromatic rings. The number of hydrogen-bond acceptors (Lipinski definition) is 5. The zero-order chi connectivity index (χ0) is 13.9. The van der Waals surface area contributed by atoms with Crippen LogP contribution in [0.3, 0.4) is 0 Å². The van der Waals surface area contributed by atoms with E-state index < -0.39 is 0 Å². The van der Waals surface area contributed by atoms with Gasteiger partial charge in [-0.05, 0) is 33.6 Å². The van der Waals surface area contributed by atoms with Gasteiger partial charge in [0.25, 0.3) is 0 Å². The zero-order valence-corrected chi connectivity index (χ0v) is 12.7. The van der Waals surface area contributed by atoms with Crippen molar-refractivity contribution in [3.63, 3.8) is 0 Å². The van der Waals surface area contributed by atoms with Crippen molar-refractivity contribution in [2.75, 3.05) is 13.2 Å². The number of aromatic nitrogens is 3. The molecule has 2 heterocycles. The summed E-state index contributed by atoms with van der Waals surface area (Å²) < 4.78 is 13.8. The summed E-state index contributed by atoms with van der Waals surface area (Å²) in [6.45, 7) is 2.53. The maximum absolute atomic E-state index is 5.60. The molecule has 106 valence electrons. The van der Waals surface area contributed by atoms with E-state index in [9.17, 15) is 0 Å². The number of nitrogens with zero attached hydrogens (tertiary/aromatic N) is 3. The third-order valence-electron chi connectivity index (χ3n) is 2.92. The Labute approximate surface area is 125 Å². The SMILES string of the molecule is Cn1cnc(CNCc2cc(Br)c3c(c2)OCCO3)n1. The number of aryl methyl sites for hydroxylation is 1. The van der Waals surface area contributed by atoms with Gasteiger partial charge in [-0.1, -0.05) is 0 Å². The fourth-order valence-electron chi connectivity index (χ4n) is 2.05. The summed E-state index contributed by atoms with van der Waals surface area (Å²) in [5.74, 6) is 2.36. The molecule has 1 N–H and O–H groups in total. The fraction of sp³-hybridized carbons (Fsp3) is 0.385. The Balaban J connectivity index is 1.64. The van der Waals surface area contributed by atoms with Crippen molar-refractivity contribution >= 4 is 15.9 Å². The van der Waals surface area contributed by atoms with Gasteiger partial charge in [0.15, 0.2) is 17.3 Å². The van der Waals surface area contributed by atoms with Gasteiger partial charge < -0.3 is 14.8 Å². The van der Waals surface area contributed by atoms with Crippen molar-refractivity contribution in [1.29, 1.82) is 0 Å². The molecule has 3 rings (SSSR count). The second-order valence-electron chi connectivity index (χ2n) is 4.54. The van der Waals surface area contributed by atoms with Gasteiger partial charge in [0.2, 0.25) is 0 Å². The number of rotatable bonds is 4. The van der Waals surface area contributed by atoms with Crippen molar-refractivity contribution < 1.29 is 9.47 Å². The lowest BCUT2D eigenvalue weighted by Crippen LogP contribution is -2.17. The molecule has 20 heavy (non-hydrogen) atoms. The van der Waals surface area contributed by atoms with Crippen LogP contribution in [0.15, 0.2) is 22.9 Å². The molecule has 0 unspecified atom stereocenters. The molecule has 7 heteroatoms. The normalized spacial score (nSPS) is 13.5. The first-order valence-corrected chi connectivity index (χ1v) is 7.15. The number of nitrogens with one attached hydrogen (secondary N) is 1. The Morgan fingerprint density at radius 1 is 1.30 bits per heavy atom. The molecule has 1 aromatic carbocycles. The van der Waals surface area contributed by atoms with Gasteiger partial charge in [-0.2, -0.15) is 5.10 Å². The monoisotopic (exact) mass is 338 g/mol. The highest BCUT2D eigenvalue weighted by Crippen LogP contribution is 2.38. The molecule has 0 amide bonds. The van der Waals surface area contributed by atoms with Crippen LogP contribution in [0.4, 0.5) is 0 Å². The average molecular weight is 339 g/mol. The average Bonchev–Trinajstić information content (AvgIpc) is 2.85. The Kier molecular flexibility index (Phi) is 3.88. The van der Waals surface area contributed by atoms with Gasteiger partial charge >= 0.3 is 0 Å². The van der Waals surface area contributed by atoms with E-state index in [1.807, 2.05) is 19.2 Å². The summed E-state index contributed by atoms with van der Waals surface area (Å²) in [6, 6.07) is 4.03. The molecular weight excluding hydrogens is 324 g/mol. The van der Waals surface area contributed by atoms with Crippen molar-refractivity contribution in [3.8, 4) is 11.5 Å². The molecule has 0 radical (unpaired) electrons. The second-order valence-corrected chi connectivity index (χ2v) is 5.39. The highest BCUT2D eigenvalue weighted by atomic mass is 79.9. The molecule has 0 fully saturated rings. The molecule has 1 aliphatic heterocycles. The van der Waals surface area contributed by atoms with Crippen molar-refractivity contribution in [2.45, 2.75) is 13.1 Å². The Morgan fingerprint density at radius 3 is 2.95 bits per heavy atom. The number of benzene rings is 1. The Morgan fingerprint density at radius 2 is 2.15 bits per heavy atom. The molecular formula is C13H15BrN4O2. The van der Waals surface area contributed by atoms with Crippen LogP contribution >= 0.6 is 15.9 Å². The first kappa shape index (κ1) is 13.4. The largest absolute Gasteiger partial charge is 0.486 e. The highest BCUT2D eigenvalue weighted by Gasteiger charge is 2.16. The maximum Gasteiger partial charge on any atom is 0.175 e. The number of fused-ring (bicyclic) bond motifs is 1. The molecule has 0 atom stereocenters. The topological polar surface area (TPSA) is 61.2 Å². The van der Waals surface area contributed by atoms with E-state index in [1.165, 1.54) is 0 Å². The lowest BCUT2D eigenvalue weighted by atomic mass is 10.2. The van der Waals surface area contributed by atoms with Gasteiger partial charge in [-0.25, -0.2) is 4.98 Å². The summed E-state index contributed by atoms with van der Waals surface area (Å²) in [4.78, 5) is 4.17. The minimum Gasteiger partial charge on any atom is -0.486 e. The quantitative estimate of drug-likeness (QED) is 0.918. The molecule has 1 aliphatic rings. The molecule has 0 spiro atoms. The predicted molar refractivity (Wildman–Crippen MR) is 76.7 cm³/mol. The van der Waals surface area contributed by atoms with Crippen LogP contribution < -0.4 is 14.8 Å². The standard InChI is InChI=1S/C13H15BrN4O2/c1-18-8-16-12(17-18)7-15-6-9-4-10(14)13-11(5-9)19-2-3-20-13/h4-5,8,15H,2-3,6-7H2,1H3. The minimum atomic E-state index is 0.591. The third kappa shape index (κ3) is 2.94. The summed E-state index contributed by atoms with van der Waals surface area (Å²) in [7, 11) is 1.86. The van der Waals surface area contributed by atoms with E-state index in [2.05, 4.69) is 31.3 Å². The van der Waals surface area contributed by atoms with Crippen LogP contribution in [-0.2, 0) is 20.1 Å². The van der Waals surface area contributed by atoms with Gasteiger partial charge in [0, 0.05) is 13.6 Å². The van der Waals surface area contributed by atoms with Gasteiger partial charge in [-0.15, -0.1) is 0 Å². The van der Waals surface area contributed by atoms with E-state index in [4.69, 9.17) is 9.47 Å². The van der Waals surface area contributed by atoms with Crippen LogP contribution in [0.25, 0.3) is 0 Å².